The molecule has 21 heavy (non-hydrogen) atoms. The van der Waals surface area contributed by atoms with Crippen LogP contribution in [-0.4, -0.2) is 53.6 Å². The Morgan fingerprint density at radius 3 is 2.29 bits per heavy atom. The predicted molar refractivity (Wildman–Crippen MR) is 80.0 cm³/mol. The van der Waals surface area contributed by atoms with Crippen LogP contribution < -0.4 is 10.6 Å². The Bertz CT molecular complexity index is 358. The molecule has 0 fully saturated rings. The van der Waals surface area contributed by atoms with Crippen molar-refractivity contribution in [1.82, 2.24) is 15.5 Å². The third-order valence-corrected chi connectivity index (χ3v) is 2.96. The number of likely N-dealkylation sites (N-methyl/N-ethyl adjacent to an activating group) is 1. The van der Waals surface area contributed by atoms with E-state index < -0.39 is 11.9 Å². The molecule has 0 aliphatic carbocycles. The van der Waals surface area contributed by atoms with Crippen molar-refractivity contribution in [2.24, 2.45) is 5.92 Å². The van der Waals surface area contributed by atoms with Gasteiger partial charge in [0, 0.05) is 19.1 Å². The van der Waals surface area contributed by atoms with E-state index in [1.54, 1.807) is 13.8 Å². The highest BCUT2D eigenvalue weighted by atomic mass is 16.4. The zero-order chi connectivity index (χ0) is 16.4. The predicted octanol–water partition coefficient (Wildman–Crippen LogP) is 1.04. The van der Waals surface area contributed by atoms with Crippen molar-refractivity contribution < 1.29 is 19.5 Å². The summed E-state index contributed by atoms with van der Waals surface area (Å²) in [7, 11) is 0. The largest absolute Gasteiger partial charge is 0.481 e. The minimum absolute atomic E-state index is 0.0199. The lowest BCUT2D eigenvalue weighted by Crippen LogP contribution is -2.46. The lowest BCUT2D eigenvalue weighted by Gasteiger charge is -2.21. The third kappa shape index (κ3) is 8.88. The highest BCUT2D eigenvalue weighted by Gasteiger charge is 2.16. The molecule has 0 aromatic heterocycles. The Kier molecular flexibility index (Phi) is 9.16. The van der Waals surface area contributed by atoms with Gasteiger partial charge in [-0.1, -0.05) is 6.92 Å². The summed E-state index contributed by atoms with van der Waals surface area (Å²) < 4.78 is 0. The fraction of sp³-hybridized carbons (Fsp3) is 0.786. The van der Waals surface area contributed by atoms with E-state index in [9.17, 15) is 14.4 Å². The van der Waals surface area contributed by atoms with Crippen LogP contribution in [0.4, 0.5) is 4.79 Å². The van der Waals surface area contributed by atoms with E-state index in [4.69, 9.17) is 5.11 Å². The maximum atomic E-state index is 11.9. The van der Waals surface area contributed by atoms with E-state index in [0.717, 1.165) is 0 Å². The van der Waals surface area contributed by atoms with Gasteiger partial charge in [0.15, 0.2) is 0 Å². The number of nitrogens with zero attached hydrogens (tertiary/aromatic N) is 1. The van der Waals surface area contributed by atoms with Crippen LogP contribution in [0.5, 0.6) is 0 Å². The SMILES string of the molecule is CCN(CC(=O)NC(C)C)C(=O)NCCCC(C)C(=O)O. The van der Waals surface area contributed by atoms with E-state index in [1.165, 1.54) is 4.90 Å². The van der Waals surface area contributed by atoms with Gasteiger partial charge in [0.2, 0.25) is 5.91 Å². The minimum Gasteiger partial charge on any atom is -0.481 e. The number of carbonyl (C=O) groups excluding carboxylic acids is 2. The van der Waals surface area contributed by atoms with Crippen LogP contribution in [-0.2, 0) is 9.59 Å². The molecule has 1 unspecified atom stereocenters. The Hall–Kier alpha value is -1.79. The fourth-order valence-electron chi connectivity index (χ4n) is 1.71. The van der Waals surface area contributed by atoms with Crippen LogP contribution in [0.1, 0.15) is 40.5 Å². The molecule has 1 atom stereocenters. The number of rotatable bonds is 9. The van der Waals surface area contributed by atoms with Gasteiger partial charge in [-0.2, -0.15) is 0 Å². The van der Waals surface area contributed by atoms with Gasteiger partial charge in [0.05, 0.1) is 5.92 Å². The smallest absolute Gasteiger partial charge is 0.317 e. The van der Waals surface area contributed by atoms with Crippen LogP contribution in [0, 0.1) is 5.92 Å². The molecule has 7 nitrogen and oxygen atoms in total. The number of carbonyl (C=O) groups is 3. The average molecular weight is 301 g/mol. The molecule has 0 aliphatic rings. The third-order valence-electron chi connectivity index (χ3n) is 2.96. The van der Waals surface area contributed by atoms with Gasteiger partial charge in [-0.3, -0.25) is 9.59 Å². The molecule has 3 N–H and O–H groups in total. The zero-order valence-electron chi connectivity index (χ0n) is 13.3. The molecular formula is C14H27N3O4. The number of carboxylic acids is 1. The van der Waals surface area contributed by atoms with Gasteiger partial charge in [-0.25, -0.2) is 4.79 Å². The molecule has 3 amide bonds. The molecule has 0 radical (unpaired) electrons. The van der Waals surface area contributed by atoms with Crippen molar-refractivity contribution in [3.8, 4) is 0 Å². The quantitative estimate of drug-likeness (QED) is 0.554. The maximum Gasteiger partial charge on any atom is 0.317 e. The number of carboxylic acid groups (broad SMARTS) is 1. The van der Waals surface area contributed by atoms with Crippen molar-refractivity contribution in [3.05, 3.63) is 0 Å². The molecule has 0 heterocycles. The highest BCUT2D eigenvalue weighted by Crippen LogP contribution is 2.04. The summed E-state index contributed by atoms with van der Waals surface area (Å²) in [6, 6.07) is -0.267. The normalized spacial score (nSPS) is 11.9. The molecule has 122 valence electrons. The molecule has 0 aromatic rings. The first kappa shape index (κ1) is 19.2. The van der Waals surface area contributed by atoms with Crippen LogP contribution in [0.2, 0.25) is 0 Å². The van der Waals surface area contributed by atoms with Crippen molar-refractivity contribution in [1.29, 1.82) is 0 Å². The van der Waals surface area contributed by atoms with Gasteiger partial charge in [0.25, 0.3) is 0 Å². The van der Waals surface area contributed by atoms with Crippen molar-refractivity contribution in [2.75, 3.05) is 19.6 Å². The van der Waals surface area contributed by atoms with Gasteiger partial charge >= 0.3 is 12.0 Å². The molecule has 0 saturated heterocycles. The van der Waals surface area contributed by atoms with Gasteiger partial charge in [0.1, 0.15) is 6.54 Å². The van der Waals surface area contributed by atoms with Crippen molar-refractivity contribution in [2.45, 2.75) is 46.6 Å². The second kappa shape index (κ2) is 10.0. The van der Waals surface area contributed by atoms with E-state index in [2.05, 4.69) is 10.6 Å². The first-order valence-corrected chi connectivity index (χ1v) is 7.32. The maximum absolute atomic E-state index is 11.9. The second-order valence-electron chi connectivity index (χ2n) is 5.35. The molecular weight excluding hydrogens is 274 g/mol. The second-order valence-corrected chi connectivity index (χ2v) is 5.35. The Morgan fingerprint density at radius 2 is 1.81 bits per heavy atom. The number of urea groups is 1. The summed E-state index contributed by atoms with van der Waals surface area (Å²) in [6.07, 6.45) is 1.10. The summed E-state index contributed by atoms with van der Waals surface area (Å²) in [5.74, 6) is -1.44. The molecule has 0 spiro atoms. The Morgan fingerprint density at radius 1 is 1.19 bits per heavy atom. The standard InChI is InChI=1S/C14H27N3O4/c1-5-17(9-12(18)16-10(2)3)14(21)15-8-6-7-11(4)13(19)20/h10-11H,5-9H2,1-4H3,(H,15,21)(H,16,18)(H,19,20). The van der Waals surface area contributed by atoms with Crippen LogP contribution >= 0.6 is 0 Å². The van der Waals surface area contributed by atoms with E-state index in [0.29, 0.717) is 25.9 Å². The number of hydrogen-bond donors (Lipinski definition) is 3. The zero-order valence-corrected chi connectivity index (χ0v) is 13.3. The Balaban J connectivity index is 4.05. The fourth-order valence-corrected chi connectivity index (χ4v) is 1.71. The minimum atomic E-state index is -0.832. The van der Waals surface area contributed by atoms with Crippen LogP contribution in [0.3, 0.4) is 0 Å². The number of amides is 3. The van der Waals surface area contributed by atoms with Crippen molar-refractivity contribution >= 4 is 17.9 Å². The molecule has 0 bridgehead atoms. The number of hydrogen-bond acceptors (Lipinski definition) is 3. The monoisotopic (exact) mass is 301 g/mol. The van der Waals surface area contributed by atoms with Gasteiger partial charge < -0.3 is 20.6 Å². The molecule has 0 aliphatic heterocycles. The van der Waals surface area contributed by atoms with E-state index >= 15 is 0 Å². The summed E-state index contributed by atoms with van der Waals surface area (Å²) in [4.78, 5) is 35.6. The topological polar surface area (TPSA) is 98.7 Å². The first-order valence-electron chi connectivity index (χ1n) is 7.32. The lowest BCUT2D eigenvalue weighted by molar-refractivity contribution is -0.141. The molecule has 7 heteroatoms. The van der Waals surface area contributed by atoms with E-state index in [-0.39, 0.29) is 24.5 Å². The molecule has 0 saturated carbocycles. The lowest BCUT2D eigenvalue weighted by atomic mass is 10.1. The highest BCUT2D eigenvalue weighted by molar-refractivity contribution is 5.84. The number of aliphatic carboxylic acids is 1. The first-order chi connectivity index (χ1) is 9.77. The van der Waals surface area contributed by atoms with Gasteiger partial charge in [-0.05, 0) is 33.6 Å². The summed E-state index contributed by atoms with van der Waals surface area (Å²) in [6.45, 7) is 8.01. The Labute approximate surface area is 126 Å². The average Bonchev–Trinajstić information content (AvgIpc) is 2.39. The summed E-state index contributed by atoms with van der Waals surface area (Å²) >= 11 is 0. The summed E-state index contributed by atoms with van der Waals surface area (Å²) in [5, 5.41) is 14.2. The van der Waals surface area contributed by atoms with Crippen LogP contribution in [0.15, 0.2) is 0 Å². The van der Waals surface area contributed by atoms with Gasteiger partial charge in [-0.15, -0.1) is 0 Å². The van der Waals surface area contributed by atoms with E-state index in [1.807, 2.05) is 13.8 Å². The molecule has 0 aromatic carbocycles. The number of nitrogens with one attached hydrogen (secondary N) is 2. The van der Waals surface area contributed by atoms with Crippen molar-refractivity contribution in [3.63, 3.8) is 0 Å². The van der Waals surface area contributed by atoms with Crippen LogP contribution in [0.25, 0.3) is 0 Å². The molecule has 0 rings (SSSR count). The summed E-state index contributed by atoms with van der Waals surface area (Å²) in [5.41, 5.74) is 0.